The third-order valence-corrected chi connectivity index (χ3v) is 9.19. The predicted molar refractivity (Wildman–Crippen MR) is 120 cm³/mol. The molecule has 1 heterocycles. The summed E-state index contributed by atoms with van der Waals surface area (Å²) in [7, 11) is 0. The van der Waals surface area contributed by atoms with Crippen LogP contribution in [0.4, 0.5) is 22.0 Å². The Hall–Kier alpha value is -3.02. The van der Waals surface area contributed by atoms with E-state index in [1.807, 2.05) is 0 Å². The molecule has 0 aliphatic carbocycles. The molecule has 4 rings (SSSR count). The Labute approximate surface area is 190 Å². The summed E-state index contributed by atoms with van der Waals surface area (Å²) in [5.41, 5.74) is 0.172. The molecule has 0 aliphatic rings. The zero-order chi connectivity index (χ0) is 23.8. The first-order chi connectivity index (χ1) is 15.7. The number of fused-ring (bicyclic) bond motifs is 2. The molecule has 0 atom stereocenters. The molecule has 4 nitrogen and oxygen atoms in total. The second-order valence-corrected chi connectivity index (χ2v) is 11.2. The summed E-state index contributed by atoms with van der Waals surface area (Å²) in [4.78, 5) is 25.0. The van der Waals surface area contributed by atoms with Crippen LogP contribution in [0.15, 0.2) is 82.0 Å². The molecule has 0 saturated carbocycles. The zero-order valence-corrected chi connectivity index (χ0v) is 18.7. The Balaban J connectivity index is 1.83. The van der Waals surface area contributed by atoms with E-state index < -0.39 is 50.2 Å². The Morgan fingerprint density at radius 3 is 2.18 bits per heavy atom. The fraction of sp³-hybridized carbons (Fsp3) is 0.130. The molecular formula is C23H14F5IO4. The van der Waals surface area contributed by atoms with Gasteiger partial charge in [-0.3, -0.25) is 0 Å². The average Bonchev–Trinajstić information content (AvgIpc) is 2.83. The van der Waals surface area contributed by atoms with Crippen LogP contribution < -0.4 is 5.43 Å². The molecule has 0 saturated heterocycles. The van der Waals surface area contributed by atoms with E-state index in [2.05, 4.69) is 0 Å². The first kappa shape index (κ1) is 23.1. The molecule has 33 heavy (non-hydrogen) atoms. The number of carbonyl (C=O) groups is 1. The van der Waals surface area contributed by atoms with Crippen LogP contribution in [0.3, 0.4) is 0 Å². The third kappa shape index (κ3) is 4.19. The van der Waals surface area contributed by atoms with E-state index >= 15 is 0 Å². The molecule has 172 valence electrons. The van der Waals surface area contributed by atoms with Crippen molar-refractivity contribution in [3.63, 3.8) is 0 Å². The minimum atomic E-state index is -5.36. The van der Waals surface area contributed by atoms with Gasteiger partial charge in [0.05, 0.1) is 0 Å². The van der Waals surface area contributed by atoms with E-state index in [0.717, 1.165) is 0 Å². The van der Waals surface area contributed by atoms with Crippen molar-refractivity contribution in [2.75, 3.05) is 6.67 Å². The summed E-state index contributed by atoms with van der Waals surface area (Å²) in [5, 5.41) is 0.398. The molecule has 1 aromatic heterocycles. The van der Waals surface area contributed by atoms with Crippen LogP contribution >= 0.6 is 20.2 Å². The van der Waals surface area contributed by atoms with Gasteiger partial charge in [0, 0.05) is 0 Å². The fourth-order valence-corrected chi connectivity index (χ4v) is 7.05. The summed E-state index contributed by atoms with van der Waals surface area (Å²) in [6.07, 6.45) is 0. The molecule has 4 aromatic rings. The van der Waals surface area contributed by atoms with Crippen molar-refractivity contribution in [3.8, 4) is 0 Å². The van der Waals surface area contributed by atoms with E-state index in [-0.39, 0.29) is 19.9 Å². The molecule has 0 fully saturated rings. The summed E-state index contributed by atoms with van der Waals surface area (Å²) in [6.45, 7) is -2.72. The van der Waals surface area contributed by atoms with Crippen molar-refractivity contribution < 1.29 is 34.2 Å². The van der Waals surface area contributed by atoms with Gasteiger partial charge in [-0.2, -0.15) is 0 Å². The van der Waals surface area contributed by atoms with Gasteiger partial charge in [0.1, 0.15) is 0 Å². The van der Waals surface area contributed by atoms with E-state index in [0.29, 0.717) is 9.15 Å². The van der Waals surface area contributed by atoms with Crippen LogP contribution in [0, 0.1) is 7.14 Å². The van der Waals surface area contributed by atoms with Crippen molar-refractivity contribution in [2.24, 2.45) is 0 Å². The van der Waals surface area contributed by atoms with Crippen LogP contribution in [0.5, 0.6) is 0 Å². The minimum absolute atomic E-state index is 0.112. The van der Waals surface area contributed by atoms with E-state index in [1.165, 1.54) is 30.3 Å². The topological polar surface area (TPSA) is 56.5 Å². The second-order valence-electron chi connectivity index (χ2n) is 6.89. The average molecular weight is 576 g/mol. The Morgan fingerprint density at radius 2 is 1.48 bits per heavy atom. The molecule has 0 radical (unpaired) electrons. The monoisotopic (exact) mass is 576 g/mol. The van der Waals surface area contributed by atoms with Gasteiger partial charge >= 0.3 is 191 Å². The first-order valence-electron chi connectivity index (χ1n) is 9.41. The fourth-order valence-electron chi connectivity index (χ4n) is 2.98. The van der Waals surface area contributed by atoms with Crippen molar-refractivity contribution in [1.29, 1.82) is 0 Å². The van der Waals surface area contributed by atoms with Crippen LogP contribution in [0.2, 0.25) is 0 Å². The van der Waals surface area contributed by atoms with E-state index in [1.54, 1.807) is 42.5 Å². The van der Waals surface area contributed by atoms with Gasteiger partial charge in [-0.1, -0.05) is 0 Å². The normalized spacial score (nSPS) is 12.7. The third-order valence-electron chi connectivity index (χ3n) is 4.70. The van der Waals surface area contributed by atoms with Crippen LogP contribution in [0.25, 0.3) is 21.9 Å². The van der Waals surface area contributed by atoms with Gasteiger partial charge in [0.2, 0.25) is 0 Å². The number of para-hydroxylation sites is 1. The molecule has 10 heteroatoms. The number of benzene rings is 3. The molecule has 0 N–H and O–H groups in total. The van der Waals surface area contributed by atoms with Crippen molar-refractivity contribution in [1.82, 2.24) is 0 Å². The molecule has 0 spiro atoms. The van der Waals surface area contributed by atoms with Crippen molar-refractivity contribution in [3.05, 3.63) is 90.2 Å². The SMILES string of the molecule is O=C(OI(c1ccccc1)c1ccc2oc3ccccc3c(=O)c2c1)C(F)(F)C(F)(F)CF. The van der Waals surface area contributed by atoms with Crippen molar-refractivity contribution in [2.45, 2.75) is 11.8 Å². The van der Waals surface area contributed by atoms with Gasteiger partial charge in [0.25, 0.3) is 0 Å². The first-order valence-corrected chi connectivity index (χ1v) is 12.4. The summed E-state index contributed by atoms with van der Waals surface area (Å²) in [5.74, 6) is -13.1. The van der Waals surface area contributed by atoms with Crippen LogP contribution in [-0.4, -0.2) is 24.5 Å². The molecule has 0 aliphatic heterocycles. The summed E-state index contributed by atoms with van der Waals surface area (Å²) < 4.78 is 78.4. The number of rotatable bonds is 6. The molecule has 0 bridgehead atoms. The Kier molecular flexibility index (Phi) is 6.12. The summed E-state index contributed by atoms with van der Waals surface area (Å²) >= 11 is -3.57. The summed E-state index contributed by atoms with van der Waals surface area (Å²) in [6, 6.07) is 18.5. The second kappa shape index (κ2) is 8.73. The maximum absolute atomic E-state index is 14.0. The quantitative estimate of drug-likeness (QED) is 0.156. The van der Waals surface area contributed by atoms with Crippen LogP contribution in [-0.2, 0) is 7.86 Å². The number of hydrogen-bond donors (Lipinski definition) is 0. The van der Waals surface area contributed by atoms with Crippen LogP contribution in [0.1, 0.15) is 0 Å². The maximum atomic E-state index is 14.0. The van der Waals surface area contributed by atoms with Gasteiger partial charge in [-0.05, 0) is 0 Å². The van der Waals surface area contributed by atoms with Gasteiger partial charge in [0.15, 0.2) is 0 Å². The number of hydrogen-bond acceptors (Lipinski definition) is 4. The molecule has 3 aromatic carbocycles. The van der Waals surface area contributed by atoms with Gasteiger partial charge in [-0.15, -0.1) is 0 Å². The Bertz CT molecular complexity index is 1390. The van der Waals surface area contributed by atoms with Gasteiger partial charge < -0.3 is 0 Å². The predicted octanol–water partition coefficient (Wildman–Crippen LogP) is 6.19. The number of halogens is 6. The van der Waals surface area contributed by atoms with Gasteiger partial charge in [-0.25, -0.2) is 0 Å². The van der Waals surface area contributed by atoms with Crippen molar-refractivity contribution >= 4 is 48.1 Å². The number of carbonyl (C=O) groups excluding carboxylic acids is 1. The molecule has 0 unspecified atom stereocenters. The number of alkyl halides is 5. The zero-order valence-electron chi connectivity index (χ0n) is 16.5. The Morgan fingerprint density at radius 1 is 0.848 bits per heavy atom. The molecule has 0 amide bonds. The molecular weight excluding hydrogens is 562 g/mol. The standard InChI is InChI=1S/C23H14F5IO4/c24-13-22(25,26)23(27,28)21(31)33-29(14-6-2-1-3-7-14)15-10-11-19-17(12-15)20(30)16-8-4-5-9-18(16)32-19/h1-12H,13H2. The van der Waals surface area contributed by atoms with E-state index in [9.17, 15) is 31.5 Å². The van der Waals surface area contributed by atoms with E-state index in [4.69, 9.17) is 7.48 Å².